The number of nitrogens with zero attached hydrogens (tertiary/aromatic N) is 2. The highest BCUT2D eigenvalue weighted by atomic mass is 35.5. The molecule has 4 rings (SSSR count). The highest BCUT2D eigenvalue weighted by molar-refractivity contribution is 6.51. The smallest absolute Gasteiger partial charge is 0.301 e. The Bertz CT molecular complexity index is 1280. The Labute approximate surface area is 199 Å². The number of rotatable bonds is 6. The fraction of sp³-hybridized carbons (Fsp3) is 0.125. The summed E-state index contributed by atoms with van der Waals surface area (Å²) >= 11 is 12.3. The van der Waals surface area contributed by atoms with Crippen LogP contribution < -0.4 is 9.64 Å². The molecule has 2 heterocycles. The molecule has 1 N–H and O–H groups in total. The van der Waals surface area contributed by atoms with E-state index in [0.717, 1.165) is 0 Å². The highest BCUT2D eigenvalue weighted by Crippen LogP contribution is 2.43. The van der Waals surface area contributed by atoms with Crippen LogP contribution >= 0.6 is 23.2 Å². The molecule has 1 fully saturated rings. The van der Waals surface area contributed by atoms with Crippen LogP contribution in [0.4, 0.5) is 5.82 Å². The van der Waals surface area contributed by atoms with Gasteiger partial charge in [-0.05, 0) is 48.9 Å². The second-order valence-corrected chi connectivity index (χ2v) is 8.08. The van der Waals surface area contributed by atoms with E-state index in [4.69, 9.17) is 32.5 Å². The van der Waals surface area contributed by atoms with Crippen molar-refractivity contribution >= 4 is 46.5 Å². The predicted molar refractivity (Wildman–Crippen MR) is 125 cm³/mol. The van der Waals surface area contributed by atoms with Crippen molar-refractivity contribution in [1.82, 2.24) is 5.16 Å². The number of carbonyl (C=O) groups is 2. The van der Waals surface area contributed by atoms with Gasteiger partial charge in [0.05, 0.1) is 21.7 Å². The molecule has 1 aromatic heterocycles. The SMILES string of the molecule is C=CCOc1ccc(C(O)=C2C(=O)C(=O)N(c3cc(C)on3)C2c2ccc(Cl)c(Cl)c2)cc1. The summed E-state index contributed by atoms with van der Waals surface area (Å²) in [7, 11) is 0. The lowest BCUT2D eigenvalue weighted by molar-refractivity contribution is -0.132. The van der Waals surface area contributed by atoms with Crippen LogP contribution in [0.25, 0.3) is 5.76 Å². The molecule has 1 unspecified atom stereocenters. The minimum absolute atomic E-state index is 0.112. The third-order valence-corrected chi connectivity index (χ3v) is 5.80. The second kappa shape index (κ2) is 9.13. The Hall–Kier alpha value is -3.55. The summed E-state index contributed by atoms with van der Waals surface area (Å²) in [5.41, 5.74) is 0.691. The molecule has 0 saturated carbocycles. The van der Waals surface area contributed by atoms with Gasteiger partial charge in [-0.25, -0.2) is 0 Å². The fourth-order valence-corrected chi connectivity index (χ4v) is 3.86. The molecule has 1 aliphatic rings. The number of aryl methyl sites for hydroxylation is 1. The first-order valence-electron chi connectivity index (χ1n) is 9.85. The summed E-state index contributed by atoms with van der Waals surface area (Å²) in [6, 6.07) is 11.7. The van der Waals surface area contributed by atoms with Crippen LogP contribution in [0.5, 0.6) is 5.75 Å². The number of aliphatic hydroxyl groups excluding tert-OH is 1. The minimum atomic E-state index is -0.999. The Morgan fingerprint density at radius 2 is 1.91 bits per heavy atom. The van der Waals surface area contributed by atoms with Crippen LogP contribution in [-0.2, 0) is 9.59 Å². The number of ketones is 1. The molecule has 2 aromatic carbocycles. The maximum atomic E-state index is 13.1. The molecule has 1 saturated heterocycles. The van der Waals surface area contributed by atoms with Gasteiger partial charge < -0.3 is 14.4 Å². The Morgan fingerprint density at radius 1 is 1.18 bits per heavy atom. The van der Waals surface area contributed by atoms with Gasteiger partial charge in [0.25, 0.3) is 5.78 Å². The number of aromatic nitrogens is 1. The Balaban J connectivity index is 1.86. The van der Waals surface area contributed by atoms with Gasteiger partial charge in [-0.1, -0.05) is 47.1 Å². The van der Waals surface area contributed by atoms with Crippen LogP contribution in [-0.4, -0.2) is 28.6 Å². The van der Waals surface area contributed by atoms with Crippen molar-refractivity contribution in [2.75, 3.05) is 11.5 Å². The third-order valence-electron chi connectivity index (χ3n) is 5.06. The largest absolute Gasteiger partial charge is 0.507 e. The van der Waals surface area contributed by atoms with Gasteiger partial charge in [0, 0.05) is 11.6 Å². The number of anilines is 1. The van der Waals surface area contributed by atoms with E-state index in [1.54, 1.807) is 55.5 Å². The quantitative estimate of drug-likeness (QED) is 0.215. The van der Waals surface area contributed by atoms with E-state index in [2.05, 4.69) is 11.7 Å². The number of halogens is 2. The Morgan fingerprint density at radius 3 is 2.52 bits per heavy atom. The zero-order valence-electron chi connectivity index (χ0n) is 17.4. The molecule has 1 amide bonds. The van der Waals surface area contributed by atoms with Crippen molar-refractivity contribution in [2.24, 2.45) is 0 Å². The first-order valence-corrected chi connectivity index (χ1v) is 10.6. The van der Waals surface area contributed by atoms with Gasteiger partial charge >= 0.3 is 5.91 Å². The van der Waals surface area contributed by atoms with Crippen LogP contribution in [0.3, 0.4) is 0 Å². The van der Waals surface area contributed by atoms with E-state index in [0.29, 0.717) is 34.3 Å². The summed E-state index contributed by atoms with van der Waals surface area (Å²) in [6.45, 7) is 5.58. The van der Waals surface area contributed by atoms with E-state index in [1.165, 1.54) is 11.0 Å². The molecule has 0 radical (unpaired) electrons. The predicted octanol–water partition coefficient (Wildman–Crippen LogP) is 5.48. The van der Waals surface area contributed by atoms with Crippen LogP contribution in [0.15, 0.2) is 71.3 Å². The van der Waals surface area contributed by atoms with Crippen molar-refractivity contribution in [3.63, 3.8) is 0 Å². The molecule has 9 heteroatoms. The number of benzene rings is 2. The van der Waals surface area contributed by atoms with Crippen molar-refractivity contribution in [3.8, 4) is 5.75 Å². The lowest BCUT2D eigenvalue weighted by Crippen LogP contribution is -2.29. The van der Waals surface area contributed by atoms with Gasteiger partial charge in [-0.15, -0.1) is 0 Å². The monoisotopic (exact) mass is 484 g/mol. The van der Waals surface area contributed by atoms with Gasteiger partial charge in [-0.2, -0.15) is 0 Å². The summed E-state index contributed by atoms with van der Waals surface area (Å²) in [6.07, 6.45) is 1.61. The maximum absolute atomic E-state index is 13.1. The zero-order chi connectivity index (χ0) is 23.7. The molecule has 168 valence electrons. The fourth-order valence-electron chi connectivity index (χ4n) is 3.55. The number of hydrogen-bond acceptors (Lipinski definition) is 6. The normalized spacial score (nSPS) is 17.4. The average molecular weight is 485 g/mol. The first-order chi connectivity index (χ1) is 15.8. The molecule has 0 aliphatic carbocycles. The Kier molecular flexibility index (Phi) is 6.26. The number of ether oxygens (including phenoxy) is 1. The summed E-state index contributed by atoms with van der Waals surface area (Å²) in [5.74, 6) is -0.913. The van der Waals surface area contributed by atoms with Crippen molar-refractivity contribution < 1.29 is 24.0 Å². The standard InChI is InChI=1S/C24H18Cl2N2O5/c1-3-10-32-16-7-4-14(5-8-16)22(29)20-21(15-6-9-17(25)18(26)12-15)28(24(31)23(20)30)19-11-13(2)33-27-19/h3-9,11-12,21,29H,1,10H2,2H3. The van der Waals surface area contributed by atoms with Crippen LogP contribution in [0.1, 0.15) is 22.9 Å². The molecule has 1 atom stereocenters. The second-order valence-electron chi connectivity index (χ2n) is 7.26. The topological polar surface area (TPSA) is 92.9 Å². The number of carbonyl (C=O) groups excluding carboxylic acids is 2. The average Bonchev–Trinajstić information content (AvgIpc) is 3.34. The summed E-state index contributed by atoms with van der Waals surface area (Å²) in [5, 5.41) is 15.6. The van der Waals surface area contributed by atoms with Gasteiger partial charge in [0.2, 0.25) is 0 Å². The lowest BCUT2D eigenvalue weighted by Gasteiger charge is -2.23. The zero-order valence-corrected chi connectivity index (χ0v) is 18.9. The summed E-state index contributed by atoms with van der Waals surface area (Å²) < 4.78 is 10.6. The van der Waals surface area contributed by atoms with Gasteiger partial charge in [-0.3, -0.25) is 14.5 Å². The molecular weight excluding hydrogens is 467 g/mol. The van der Waals surface area contributed by atoms with Crippen molar-refractivity contribution in [1.29, 1.82) is 0 Å². The first kappa shape index (κ1) is 22.6. The molecule has 33 heavy (non-hydrogen) atoms. The highest BCUT2D eigenvalue weighted by Gasteiger charge is 2.48. The van der Waals surface area contributed by atoms with Crippen LogP contribution in [0, 0.1) is 6.92 Å². The summed E-state index contributed by atoms with van der Waals surface area (Å²) in [4.78, 5) is 27.3. The number of Topliss-reactive ketones (excluding diaryl/α,β-unsaturated/α-hetero) is 1. The molecule has 1 aliphatic heterocycles. The van der Waals surface area contributed by atoms with E-state index in [-0.39, 0.29) is 22.2 Å². The number of amides is 1. The molecule has 7 nitrogen and oxygen atoms in total. The van der Waals surface area contributed by atoms with Crippen molar-refractivity contribution in [3.05, 3.63) is 93.7 Å². The van der Waals surface area contributed by atoms with E-state index < -0.39 is 17.7 Å². The maximum Gasteiger partial charge on any atom is 0.301 e. The minimum Gasteiger partial charge on any atom is -0.507 e. The lowest BCUT2D eigenvalue weighted by atomic mass is 9.95. The van der Waals surface area contributed by atoms with E-state index in [9.17, 15) is 14.7 Å². The van der Waals surface area contributed by atoms with E-state index in [1.807, 2.05) is 0 Å². The molecule has 3 aromatic rings. The third kappa shape index (κ3) is 4.25. The molecular formula is C24H18Cl2N2O5. The number of aliphatic hydroxyl groups is 1. The van der Waals surface area contributed by atoms with Gasteiger partial charge in [0.1, 0.15) is 23.9 Å². The van der Waals surface area contributed by atoms with Crippen molar-refractivity contribution in [2.45, 2.75) is 13.0 Å². The number of hydrogen-bond donors (Lipinski definition) is 1. The molecule has 0 spiro atoms. The molecule has 0 bridgehead atoms. The van der Waals surface area contributed by atoms with Crippen LogP contribution in [0.2, 0.25) is 10.0 Å². The van der Waals surface area contributed by atoms with E-state index >= 15 is 0 Å². The van der Waals surface area contributed by atoms with Gasteiger partial charge in [0.15, 0.2) is 5.82 Å².